The standard InChI is InChI=1S/C40H26/c1-3-9-27(10-4-1)30-19-22-38-35(23-30)25-33-18-16-31(28-11-5-2-6-12-28)26-39(33)40(38)34-20-21-37-32(24-34)17-15-29-13-7-8-14-36(29)37/h1-26H. The molecule has 0 saturated heterocycles. The molecule has 0 aliphatic heterocycles. The predicted octanol–water partition coefficient (Wildman–Crippen LogP) is 11.3. The molecule has 0 bridgehead atoms. The molecule has 0 saturated carbocycles. The van der Waals surface area contributed by atoms with E-state index in [0.717, 1.165) is 0 Å². The molecule has 8 rings (SSSR count). The van der Waals surface area contributed by atoms with E-state index >= 15 is 0 Å². The normalized spacial score (nSPS) is 11.5. The van der Waals surface area contributed by atoms with Gasteiger partial charge in [0, 0.05) is 0 Å². The lowest BCUT2D eigenvalue weighted by atomic mass is 9.88. The topological polar surface area (TPSA) is 0 Å². The zero-order chi connectivity index (χ0) is 26.5. The van der Waals surface area contributed by atoms with Crippen LogP contribution in [0.25, 0.3) is 76.5 Å². The third-order valence-corrected chi connectivity index (χ3v) is 8.20. The molecule has 0 aromatic heterocycles. The molecule has 0 radical (unpaired) electrons. The Morgan fingerprint density at radius 1 is 0.225 bits per heavy atom. The van der Waals surface area contributed by atoms with Gasteiger partial charge in [-0.15, -0.1) is 0 Å². The van der Waals surface area contributed by atoms with Crippen LogP contribution in [0, 0.1) is 0 Å². The Morgan fingerprint density at radius 2 is 0.750 bits per heavy atom. The number of fused-ring (bicyclic) bond motifs is 5. The van der Waals surface area contributed by atoms with Gasteiger partial charge in [0.15, 0.2) is 0 Å². The Bertz CT molecular complexity index is 2190. The average Bonchev–Trinajstić information content (AvgIpc) is 3.03. The van der Waals surface area contributed by atoms with E-state index in [1.54, 1.807) is 0 Å². The zero-order valence-corrected chi connectivity index (χ0v) is 22.0. The number of hydrogen-bond donors (Lipinski definition) is 0. The van der Waals surface area contributed by atoms with Gasteiger partial charge < -0.3 is 0 Å². The first-order valence-electron chi connectivity index (χ1n) is 13.9. The first-order valence-corrected chi connectivity index (χ1v) is 13.9. The van der Waals surface area contributed by atoms with E-state index in [0.29, 0.717) is 0 Å². The highest BCUT2D eigenvalue weighted by Gasteiger charge is 2.14. The van der Waals surface area contributed by atoms with Gasteiger partial charge in [-0.05, 0) is 101 Å². The number of hydrogen-bond acceptors (Lipinski definition) is 0. The molecule has 0 heteroatoms. The summed E-state index contributed by atoms with van der Waals surface area (Å²) in [6, 6.07) is 57.6. The lowest BCUT2D eigenvalue weighted by Crippen LogP contribution is -1.89. The quantitative estimate of drug-likeness (QED) is 0.165. The summed E-state index contributed by atoms with van der Waals surface area (Å²) in [5, 5.41) is 10.2. The Labute approximate surface area is 233 Å². The fraction of sp³-hybridized carbons (Fsp3) is 0. The van der Waals surface area contributed by atoms with E-state index in [4.69, 9.17) is 0 Å². The molecule has 186 valence electrons. The minimum atomic E-state index is 1.24. The second-order valence-electron chi connectivity index (χ2n) is 10.6. The lowest BCUT2D eigenvalue weighted by Gasteiger charge is -2.16. The third-order valence-electron chi connectivity index (χ3n) is 8.20. The van der Waals surface area contributed by atoms with Crippen molar-refractivity contribution in [3.8, 4) is 33.4 Å². The van der Waals surface area contributed by atoms with Crippen LogP contribution in [0.4, 0.5) is 0 Å². The van der Waals surface area contributed by atoms with Crippen LogP contribution in [-0.4, -0.2) is 0 Å². The molecule has 0 N–H and O–H groups in total. The fourth-order valence-corrected chi connectivity index (χ4v) is 6.22. The second-order valence-corrected chi connectivity index (χ2v) is 10.6. The highest BCUT2D eigenvalue weighted by molar-refractivity contribution is 6.16. The van der Waals surface area contributed by atoms with Gasteiger partial charge in [-0.2, -0.15) is 0 Å². The van der Waals surface area contributed by atoms with E-state index < -0.39 is 0 Å². The maximum atomic E-state index is 2.37. The minimum absolute atomic E-state index is 1.24. The van der Waals surface area contributed by atoms with Crippen LogP contribution in [0.1, 0.15) is 0 Å². The first kappa shape index (κ1) is 22.8. The fourth-order valence-electron chi connectivity index (χ4n) is 6.22. The molecule has 0 aliphatic carbocycles. The summed E-state index contributed by atoms with van der Waals surface area (Å²) in [5.74, 6) is 0. The second kappa shape index (κ2) is 9.22. The van der Waals surface area contributed by atoms with E-state index in [1.165, 1.54) is 76.5 Å². The van der Waals surface area contributed by atoms with Gasteiger partial charge in [0.1, 0.15) is 0 Å². The molecular formula is C40H26. The summed E-state index contributed by atoms with van der Waals surface area (Å²) in [7, 11) is 0. The van der Waals surface area contributed by atoms with Crippen LogP contribution >= 0.6 is 0 Å². The number of benzene rings is 8. The van der Waals surface area contributed by atoms with Gasteiger partial charge >= 0.3 is 0 Å². The van der Waals surface area contributed by atoms with Crippen molar-refractivity contribution in [1.82, 2.24) is 0 Å². The molecule has 0 atom stereocenters. The summed E-state index contributed by atoms with van der Waals surface area (Å²) in [6.45, 7) is 0. The molecule has 0 heterocycles. The summed E-state index contributed by atoms with van der Waals surface area (Å²) >= 11 is 0. The Morgan fingerprint density at radius 3 is 1.55 bits per heavy atom. The average molecular weight is 507 g/mol. The molecule has 8 aromatic rings. The monoisotopic (exact) mass is 506 g/mol. The maximum Gasteiger partial charge on any atom is -0.00264 e. The summed E-state index contributed by atoms with van der Waals surface area (Å²) in [5.41, 5.74) is 7.49. The molecule has 0 aliphatic rings. The van der Waals surface area contributed by atoms with E-state index in [-0.39, 0.29) is 0 Å². The largest absolute Gasteiger partial charge is 0.0622 e. The van der Waals surface area contributed by atoms with E-state index in [2.05, 4.69) is 158 Å². The predicted molar refractivity (Wildman–Crippen MR) is 173 cm³/mol. The summed E-state index contributed by atoms with van der Waals surface area (Å²) < 4.78 is 0. The van der Waals surface area contributed by atoms with Gasteiger partial charge in [0.2, 0.25) is 0 Å². The van der Waals surface area contributed by atoms with E-state index in [9.17, 15) is 0 Å². The highest BCUT2D eigenvalue weighted by atomic mass is 14.2. The van der Waals surface area contributed by atoms with Crippen molar-refractivity contribution >= 4 is 43.1 Å². The summed E-state index contributed by atoms with van der Waals surface area (Å²) in [6.07, 6.45) is 0. The molecule has 0 spiro atoms. The van der Waals surface area contributed by atoms with Crippen molar-refractivity contribution < 1.29 is 0 Å². The van der Waals surface area contributed by atoms with Crippen LogP contribution in [0.5, 0.6) is 0 Å². The SMILES string of the molecule is c1ccc(-c2ccc3c(-c4ccc5c(ccc6ccccc65)c4)c4cc(-c5ccccc5)ccc4cc3c2)cc1. The van der Waals surface area contributed by atoms with Crippen molar-refractivity contribution in [2.45, 2.75) is 0 Å². The molecular weight excluding hydrogens is 480 g/mol. The van der Waals surface area contributed by atoms with E-state index in [1.807, 2.05) is 0 Å². The number of rotatable bonds is 3. The van der Waals surface area contributed by atoms with Gasteiger partial charge in [-0.3, -0.25) is 0 Å². The Balaban J connectivity index is 1.42. The lowest BCUT2D eigenvalue weighted by molar-refractivity contribution is 1.63. The molecule has 0 nitrogen and oxygen atoms in total. The van der Waals surface area contributed by atoms with Crippen molar-refractivity contribution in [3.05, 3.63) is 158 Å². The van der Waals surface area contributed by atoms with Crippen molar-refractivity contribution in [3.63, 3.8) is 0 Å². The van der Waals surface area contributed by atoms with Crippen LogP contribution in [0.15, 0.2) is 158 Å². The Kier molecular flexibility index (Phi) is 5.24. The zero-order valence-electron chi connectivity index (χ0n) is 22.0. The van der Waals surface area contributed by atoms with Crippen LogP contribution in [0.3, 0.4) is 0 Å². The first-order chi connectivity index (χ1) is 19.8. The van der Waals surface area contributed by atoms with Gasteiger partial charge in [0.05, 0.1) is 0 Å². The van der Waals surface area contributed by atoms with Crippen LogP contribution in [0.2, 0.25) is 0 Å². The van der Waals surface area contributed by atoms with Gasteiger partial charge in [-0.1, -0.05) is 133 Å². The molecule has 0 amide bonds. The summed E-state index contributed by atoms with van der Waals surface area (Å²) in [4.78, 5) is 0. The minimum Gasteiger partial charge on any atom is -0.0622 e. The van der Waals surface area contributed by atoms with Gasteiger partial charge in [-0.25, -0.2) is 0 Å². The van der Waals surface area contributed by atoms with Crippen molar-refractivity contribution in [2.24, 2.45) is 0 Å². The van der Waals surface area contributed by atoms with Crippen molar-refractivity contribution in [2.75, 3.05) is 0 Å². The van der Waals surface area contributed by atoms with Crippen LogP contribution in [-0.2, 0) is 0 Å². The third kappa shape index (κ3) is 3.77. The van der Waals surface area contributed by atoms with Crippen LogP contribution < -0.4 is 0 Å². The molecule has 0 fully saturated rings. The molecule has 40 heavy (non-hydrogen) atoms. The molecule has 0 unspecified atom stereocenters. The van der Waals surface area contributed by atoms with Gasteiger partial charge in [0.25, 0.3) is 0 Å². The smallest absolute Gasteiger partial charge is 0.00264 e. The Hall–Kier alpha value is -5.20. The maximum absolute atomic E-state index is 2.37. The van der Waals surface area contributed by atoms with Crippen molar-refractivity contribution in [1.29, 1.82) is 0 Å². The molecule has 8 aromatic carbocycles. The highest BCUT2D eigenvalue weighted by Crippen LogP contribution is 2.41.